The van der Waals surface area contributed by atoms with Crippen LogP contribution in [0.3, 0.4) is 0 Å². The van der Waals surface area contributed by atoms with Crippen molar-refractivity contribution in [3.63, 3.8) is 0 Å². The third kappa shape index (κ3) is 3.07. The third-order valence-electron chi connectivity index (χ3n) is 4.46. The lowest BCUT2D eigenvalue weighted by Crippen LogP contribution is -2.24. The minimum Gasteiger partial charge on any atom is -0.459 e. The van der Waals surface area contributed by atoms with Crippen LogP contribution in [0.1, 0.15) is 23.5 Å². The highest BCUT2D eigenvalue weighted by Crippen LogP contribution is 2.39. The quantitative estimate of drug-likeness (QED) is 0.604. The molecule has 1 N–H and O–H groups in total. The van der Waals surface area contributed by atoms with E-state index in [0.717, 1.165) is 22.8 Å². The molecule has 1 aromatic carbocycles. The van der Waals surface area contributed by atoms with E-state index in [9.17, 15) is 0 Å². The van der Waals surface area contributed by atoms with E-state index in [1.807, 2.05) is 48.3 Å². The molecule has 0 radical (unpaired) electrons. The summed E-state index contributed by atoms with van der Waals surface area (Å²) < 4.78 is 6.15. The lowest BCUT2D eigenvalue weighted by molar-refractivity contribution is 0.310. The molecule has 0 spiro atoms. The summed E-state index contributed by atoms with van der Waals surface area (Å²) in [6.07, 6.45) is 1.78. The lowest BCUT2D eigenvalue weighted by Gasteiger charge is -2.21. The van der Waals surface area contributed by atoms with E-state index >= 15 is 0 Å². The predicted octanol–water partition coefficient (Wildman–Crippen LogP) is 5.25. The van der Waals surface area contributed by atoms with Gasteiger partial charge in [0, 0.05) is 18.8 Å². The number of benzene rings is 1. The van der Waals surface area contributed by atoms with Gasteiger partial charge in [0.25, 0.3) is 0 Å². The van der Waals surface area contributed by atoms with Gasteiger partial charge in [-0.25, -0.2) is 0 Å². The molecule has 4 rings (SSSR count). The SMILES string of the molecule is CN1C(=S)N[C@@H](c2ccccn2)[C@H]1c1ccc(-c2ccc(Cl)c(Cl)c2)o1. The number of hydrogen-bond acceptors (Lipinski definition) is 3. The molecular formula is C19H15Cl2N3OS. The smallest absolute Gasteiger partial charge is 0.170 e. The molecule has 1 saturated heterocycles. The normalized spacial score (nSPS) is 19.7. The highest BCUT2D eigenvalue weighted by atomic mass is 35.5. The average Bonchev–Trinajstić information content (AvgIpc) is 3.24. The van der Waals surface area contributed by atoms with Gasteiger partial charge in [0.05, 0.1) is 21.8 Å². The number of furan rings is 1. The zero-order chi connectivity index (χ0) is 18.3. The largest absolute Gasteiger partial charge is 0.459 e. The number of nitrogens with zero attached hydrogens (tertiary/aromatic N) is 2. The van der Waals surface area contributed by atoms with Gasteiger partial charge in [-0.2, -0.15) is 0 Å². The Kier molecular flexibility index (Phi) is 4.61. The standard InChI is InChI=1S/C19H15Cl2N3OS/c1-24-18(17(23-19(24)26)14-4-2-3-9-22-14)16-8-7-15(25-16)11-5-6-12(20)13(21)10-11/h2-10,17-18H,1H3,(H,23,26)/t17-,18+/m0/s1. The van der Waals surface area contributed by atoms with Crippen molar-refractivity contribution in [2.75, 3.05) is 7.05 Å². The van der Waals surface area contributed by atoms with Crippen LogP contribution < -0.4 is 5.32 Å². The molecule has 7 heteroatoms. The van der Waals surface area contributed by atoms with Gasteiger partial charge in [0.15, 0.2) is 5.11 Å². The van der Waals surface area contributed by atoms with Gasteiger partial charge in [0.1, 0.15) is 17.6 Å². The number of rotatable bonds is 3. The molecular weight excluding hydrogens is 389 g/mol. The fourth-order valence-electron chi connectivity index (χ4n) is 3.13. The van der Waals surface area contributed by atoms with Crippen LogP contribution in [0.2, 0.25) is 10.0 Å². The molecule has 4 nitrogen and oxygen atoms in total. The van der Waals surface area contributed by atoms with Gasteiger partial charge in [-0.3, -0.25) is 4.98 Å². The number of likely N-dealkylation sites (N-methyl/N-ethyl adjacent to an activating group) is 1. The highest BCUT2D eigenvalue weighted by molar-refractivity contribution is 7.80. The van der Waals surface area contributed by atoms with Crippen LogP contribution in [0, 0.1) is 0 Å². The van der Waals surface area contributed by atoms with Crippen LogP contribution in [0.15, 0.2) is 59.1 Å². The number of thiocarbonyl (C=S) groups is 1. The van der Waals surface area contributed by atoms with Crippen molar-refractivity contribution in [2.24, 2.45) is 0 Å². The van der Waals surface area contributed by atoms with Gasteiger partial charge in [-0.05, 0) is 54.7 Å². The topological polar surface area (TPSA) is 41.3 Å². The molecule has 2 atom stereocenters. The zero-order valence-corrected chi connectivity index (χ0v) is 16.1. The van der Waals surface area contributed by atoms with Crippen molar-refractivity contribution < 1.29 is 4.42 Å². The molecule has 0 amide bonds. The molecule has 3 heterocycles. The summed E-state index contributed by atoms with van der Waals surface area (Å²) in [5.41, 5.74) is 1.79. The average molecular weight is 404 g/mol. The van der Waals surface area contributed by atoms with Crippen molar-refractivity contribution >= 4 is 40.5 Å². The minimum atomic E-state index is -0.0890. The molecule has 26 heavy (non-hydrogen) atoms. The molecule has 2 aromatic heterocycles. The van der Waals surface area contributed by atoms with Crippen LogP contribution in [0.5, 0.6) is 0 Å². The number of nitrogens with one attached hydrogen (secondary N) is 1. The summed E-state index contributed by atoms with van der Waals surface area (Å²) >= 11 is 17.6. The molecule has 3 aromatic rings. The lowest BCUT2D eigenvalue weighted by atomic mass is 10.0. The Morgan fingerprint density at radius 3 is 2.69 bits per heavy atom. The van der Waals surface area contributed by atoms with Crippen LogP contribution in [-0.4, -0.2) is 22.0 Å². The second-order valence-corrected chi connectivity index (χ2v) is 7.27. The summed E-state index contributed by atoms with van der Waals surface area (Å²) in [5, 5.41) is 5.01. The van der Waals surface area contributed by atoms with Gasteiger partial charge in [-0.15, -0.1) is 0 Å². The zero-order valence-electron chi connectivity index (χ0n) is 13.8. The first-order chi connectivity index (χ1) is 12.5. The van der Waals surface area contributed by atoms with E-state index in [2.05, 4.69) is 10.3 Å². The van der Waals surface area contributed by atoms with Crippen LogP contribution in [-0.2, 0) is 0 Å². The number of pyridine rings is 1. The molecule has 0 bridgehead atoms. The molecule has 1 aliphatic heterocycles. The Morgan fingerprint density at radius 1 is 1.12 bits per heavy atom. The van der Waals surface area contributed by atoms with Crippen LogP contribution >= 0.6 is 35.4 Å². The van der Waals surface area contributed by atoms with E-state index in [4.69, 9.17) is 39.8 Å². The van der Waals surface area contributed by atoms with Crippen molar-refractivity contribution in [1.82, 2.24) is 15.2 Å². The summed E-state index contributed by atoms with van der Waals surface area (Å²) in [4.78, 5) is 6.46. The maximum atomic E-state index is 6.15. The van der Waals surface area contributed by atoms with E-state index in [0.29, 0.717) is 15.2 Å². The fraction of sp³-hybridized carbons (Fsp3) is 0.158. The molecule has 1 fully saturated rings. The van der Waals surface area contributed by atoms with Crippen LogP contribution in [0.4, 0.5) is 0 Å². The predicted molar refractivity (Wildman–Crippen MR) is 107 cm³/mol. The molecule has 132 valence electrons. The minimum absolute atomic E-state index is 0.0819. The van der Waals surface area contributed by atoms with E-state index in [1.54, 1.807) is 18.3 Å². The maximum Gasteiger partial charge on any atom is 0.170 e. The first kappa shape index (κ1) is 17.3. The Hall–Kier alpha value is -2.08. The molecule has 0 saturated carbocycles. The van der Waals surface area contributed by atoms with Crippen LogP contribution in [0.25, 0.3) is 11.3 Å². The first-order valence-electron chi connectivity index (χ1n) is 8.04. The third-order valence-corrected chi connectivity index (χ3v) is 5.61. The van der Waals surface area contributed by atoms with E-state index < -0.39 is 0 Å². The van der Waals surface area contributed by atoms with E-state index in [1.165, 1.54) is 0 Å². The Bertz CT molecular complexity index is 960. The second-order valence-electron chi connectivity index (χ2n) is 6.07. The fourth-order valence-corrected chi connectivity index (χ4v) is 3.67. The second kappa shape index (κ2) is 6.91. The van der Waals surface area contributed by atoms with Crippen molar-refractivity contribution in [3.05, 3.63) is 76.2 Å². The monoisotopic (exact) mass is 403 g/mol. The number of hydrogen-bond donors (Lipinski definition) is 1. The first-order valence-corrected chi connectivity index (χ1v) is 9.20. The Balaban J connectivity index is 1.70. The highest BCUT2D eigenvalue weighted by Gasteiger charge is 2.39. The molecule has 1 aliphatic rings. The summed E-state index contributed by atoms with van der Waals surface area (Å²) in [6.45, 7) is 0. The van der Waals surface area contributed by atoms with Crippen molar-refractivity contribution in [1.29, 1.82) is 0 Å². The van der Waals surface area contributed by atoms with Gasteiger partial charge < -0.3 is 14.6 Å². The van der Waals surface area contributed by atoms with Crippen molar-refractivity contribution in [2.45, 2.75) is 12.1 Å². The summed E-state index contributed by atoms with van der Waals surface area (Å²) in [5.74, 6) is 1.53. The van der Waals surface area contributed by atoms with Crippen molar-refractivity contribution in [3.8, 4) is 11.3 Å². The molecule has 0 aliphatic carbocycles. The molecule has 0 unspecified atom stereocenters. The van der Waals surface area contributed by atoms with E-state index in [-0.39, 0.29) is 12.1 Å². The number of halogens is 2. The van der Waals surface area contributed by atoms with Gasteiger partial charge >= 0.3 is 0 Å². The summed E-state index contributed by atoms with van der Waals surface area (Å²) in [7, 11) is 1.95. The Labute approximate surface area is 166 Å². The van der Waals surface area contributed by atoms with Gasteiger partial charge in [-0.1, -0.05) is 29.3 Å². The maximum absolute atomic E-state index is 6.15. The summed E-state index contributed by atoms with van der Waals surface area (Å²) in [6, 6.07) is 15.0. The van der Waals surface area contributed by atoms with Gasteiger partial charge in [0.2, 0.25) is 0 Å². The number of aromatic nitrogens is 1. The Morgan fingerprint density at radius 2 is 1.96 bits per heavy atom.